The lowest BCUT2D eigenvalue weighted by atomic mass is 10.1. The molecule has 3 heteroatoms. The molecule has 1 aliphatic heterocycles. The Morgan fingerprint density at radius 3 is 2.56 bits per heavy atom. The number of nitrogens with one attached hydrogen (secondary N) is 2. The highest BCUT2D eigenvalue weighted by molar-refractivity contribution is 5.92. The zero-order valence-electron chi connectivity index (χ0n) is 10.3. The molecular weight excluding hydrogens is 200 g/mol. The highest BCUT2D eigenvalue weighted by Crippen LogP contribution is 2.19. The molecule has 0 saturated carbocycles. The first-order valence-corrected chi connectivity index (χ1v) is 5.81. The molecule has 0 unspecified atom stereocenters. The molecule has 0 fully saturated rings. The van der Waals surface area contributed by atoms with Crippen LogP contribution in [0.1, 0.15) is 37.8 Å². The molecule has 0 radical (unpaired) electrons. The second-order valence-corrected chi connectivity index (χ2v) is 3.97. The lowest BCUT2D eigenvalue weighted by Gasteiger charge is -2.18. The van der Waals surface area contributed by atoms with Crippen LogP contribution in [0.25, 0.3) is 0 Å². The normalized spacial score (nSPS) is 12.8. The molecule has 1 aromatic carbocycles. The predicted molar refractivity (Wildman–Crippen MR) is 67.6 cm³/mol. The summed E-state index contributed by atoms with van der Waals surface area (Å²) in [5.41, 5.74) is 3.28. The maximum Gasteiger partial charge on any atom is 0.319 e. The fourth-order valence-corrected chi connectivity index (χ4v) is 1.33. The Morgan fingerprint density at radius 1 is 1.25 bits per heavy atom. The molecule has 88 valence electrons. The van der Waals surface area contributed by atoms with Crippen molar-refractivity contribution in [2.24, 2.45) is 0 Å². The summed E-state index contributed by atoms with van der Waals surface area (Å²) in [6, 6.07) is 5.88. The molecule has 2 amide bonds. The van der Waals surface area contributed by atoms with Crippen LogP contribution in [0, 0.1) is 6.92 Å². The van der Waals surface area contributed by atoms with E-state index >= 15 is 0 Å². The molecule has 1 heterocycles. The fraction of sp³-hybridized carbons (Fsp3) is 0.462. The fourth-order valence-electron chi connectivity index (χ4n) is 1.33. The van der Waals surface area contributed by atoms with Crippen LogP contribution in [0.15, 0.2) is 18.2 Å². The van der Waals surface area contributed by atoms with Crippen LogP contribution < -0.4 is 10.6 Å². The number of amides is 2. The van der Waals surface area contributed by atoms with Crippen LogP contribution in [0.2, 0.25) is 0 Å². The van der Waals surface area contributed by atoms with E-state index in [4.69, 9.17) is 0 Å². The molecular formula is C13H20N2O. The number of rotatable bonds is 1. The van der Waals surface area contributed by atoms with Gasteiger partial charge in [-0.05, 0) is 18.6 Å². The van der Waals surface area contributed by atoms with Crippen molar-refractivity contribution >= 4 is 11.7 Å². The van der Waals surface area contributed by atoms with E-state index in [-0.39, 0.29) is 6.03 Å². The number of carbonyl (C=O) groups excluding carboxylic acids is 1. The number of fused-ring (bicyclic) bond motifs is 1. The number of hydrogen-bond acceptors (Lipinski definition) is 1. The molecule has 0 bridgehead atoms. The van der Waals surface area contributed by atoms with Crippen LogP contribution in [-0.2, 0) is 6.54 Å². The summed E-state index contributed by atoms with van der Waals surface area (Å²) >= 11 is 0. The van der Waals surface area contributed by atoms with Gasteiger partial charge in [0.05, 0.1) is 0 Å². The molecule has 0 aromatic heterocycles. The summed E-state index contributed by atoms with van der Waals surface area (Å²) in [4.78, 5) is 10.9. The van der Waals surface area contributed by atoms with E-state index in [1.807, 2.05) is 19.1 Å². The summed E-state index contributed by atoms with van der Waals surface area (Å²) < 4.78 is 0. The molecule has 2 rings (SSSR count). The lowest BCUT2D eigenvalue weighted by molar-refractivity contribution is 0.251. The minimum absolute atomic E-state index is 0.119. The number of hydrogen-bond donors (Lipinski definition) is 2. The lowest BCUT2D eigenvalue weighted by Crippen LogP contribution is -2.33. The van der Waals surface area contributed by atoms with Crippen LogP contribution >= 0.6 is 0 Å². The maximum absolute atomic E-state index is 10.9. The van der Waals surface area contributed by atoms with Crippen molar-refractivity contribution in [3.05, 3.63) is 29.3 Å². The van der Waals surface area contributed by atoms with Gasteiger partial charge in [0.15, 0.2) is 0 Å². The van der Waals surface area contributed by atoms with E-state index in [9.17, 15) is 4.79 Å². The number of aryl methyl sites for hydroxylation is 1. The topological polar surface area (TPSA) is 41.1 Å². The zero-order valence-corrected chi connectivity index (χ0v) is 10.3. The summed E-state index contributed by atoms with van der Waals surface area (Å²) in [5, 5.41) is 5.45. The van der Waals surface area contributed by atoms with Crippen molar-refractivity contribution in [2.75, 3.05) is 5.32 Å². The number of urea groups is 1. The van der Waals surface area contributed by atoms with E-state index in [2.05, 4.69) is 30.5 Å². The third kappa shape index (κ3) is 3.57. The molecule has 1 aromatic rings. The first-order valence-electron chi connectivity index (χ1n) is 5.81. The second-order valence-electron chi connectivity index (χ2n) is 3.97. The second kappa shape index (κ2) is 6.16. The van der Waals surface area contributed by atoms with Gasteiger partial charge in [-0.3, -0.25) is 0 Å². The highest BCUT2D eigenvalue weighted by Gasteiger charge is 2.12. The standard InChI is InChI=1S/C9H10N2O.C4H10/c1-6-2-3-8-7(4-6)5-10-9(12)11-8;1-3-4-2/h2-4H,5H2,1H3,(H2,10,11,12);3-4H2,1-2H3. The molecule has 0 spiro atoms. The first-order chi connectivity index (χ1) is 7.67. The first kappa shape index (κ1) is 12.6. The quantitative estimate of drug-likeness (QED) is 0.748. The number of carbonyl (C=O) groups is 1. The monoisotopic (exact) mass is 220 g/mol. The summed E-state index contributed by atoms with van der Waals surface area (Å²) in [7, 11) is 0. The van der Waals surface area contributed by atoms with Crippen molar-refractivity contribution in [1.29, 1.82) is 0 Å². The van der Waals surface area contributed by atoms with E-state index in [0.717, 1.165) is 11.3 Å². The Bertz CT molecular complexity index is 359. The minimum atomic E-state index is -0.119. The van der Waals surface area contributed by atoms with E-state index in [1.165, 1.54) is 18.4 Å². The Morgan fingerprint density at radius 2 is 1.94 bits per heavy atom. The van der Waals surface area contributed by atoms with Crippen LogP contribution in [-0.4, -0.2) is 6.03 Å². The summed E-state index contributed by atoms with van der Waals surface area (Å²) in [5.74, 6) is 0. The maximum atomic E-state index is 10.9. The Kier molecular flexibility index (Phi) is 4.83. The van der Waals surface area contributed by atoms with Crippen LogP contribution in [0.5, 0.6) is 0 Å². The molecule has 3 nitrogen and oxygen atoms in total. The molecule has 1 aliphatic rings. The summed E-state index contributed by atoms with van der Waals surface area (Å²) in [6.45, 7) is 7.03. The van der Waals surface area contributed by atoms with Gasteiger partial charge in [-0.25, -0.2) is 4.79 Å². The highest BCUT2D eigenvalue weighted by atomic mass is 16.2. The molecule has 16 heavy (non-hydrogen) atoms. The third-order valence-corrected chi connectivity index (χ3v) is 2.45. The van der Waals surface area contributed by atoms with Crippen molar-refractivity contribution < 1.29 is 4.79 Å². The minimum Gasteiger partial charge on any atom is -0.334 e. The number of benzene rings is 1. The Labute approximate surface area is 97.2 Å². The van der Waals surface area contributed by atoms with Crippen LogP contribution in [0.4, 0.5) is 10.5 Å². The molecule has 0 aliphatic carbocycles. The van der Waals surface area contributed by atoms with E-state index < -0.39 is 0 Å². The average Bonchev–Trinajstić information content (AvgIpc) is 2.30. The van der Waals surface area contributed by atoms with Gasteiger partial charge in [0, 0.05) is 12.2 Å². The van der Waals surface area contributed by atoms with E-state index in [1.54, 1.807) is 0 Å². The SMILES string of the molecule is CCCC.Cc1ccc2c(c1)CNC(=O)N2. The third-order valence-electron chi connectivity index (χ3n) is 2.45. The molecule has 2 N–H and O–H groups in total. The van der Waals surface area contributed by atoms with Crippen LogP contribution in [0.3, 0.4) is 0 Å². The van der Waals surface area contributed by atoms with Gasteiger partial charge >= 0.3 is 6.03 Å². The van der Waals surface area contributed by atoms with E-state index in [0.29, 0.717) is 6.54 Å². The Hall–Kier alpha value is -1.51. The molecule has 0 atom stereocenters. The van der Waals surface area contributed by atoms with Gasteiger partial charge in [-0.1, -0.05) is 44.4 Å². The number of anilines is 1. The van der Waals surface area contributed by atoms with Gasteiger partial charge in [0.1, 0.15) is 0 Å². The van der Waals surface area contributed by atoms with Crippen molar-refractivity contribution in [1.82, 2.24) is 5.32 Å². The van der Waals surface area contributed by atoms with Gasteiger partial charge in [-0.2, -0.15) is 0 Å². The molecule has 0 saturated heterocycles. The van der Waals surface area contributed by atoms with Gasteiger partial charge < -0.3 is 10.6 Å². The van der Waals surface area contributed by atoms with Crippen molar-refractivity contribution in [2.45, 2.75) is 40.2 Å². The van der Waals surface area contributed by atoms with Gasteiger partial charge in [0.2, 0.25) is 0 Å². The smallest absolute Gasteiger partial charge is 0.319 e. The zero-order chi connectivity index (χ0) is 12.0. The Balaban J connectivity index is 0.000000280. The predicted octanol–water partition coefficient (Wildman–Crippen LogP) is 3.44. The summed E-state index contributed by atoms with van der Waals surface area (Å²) in [6.07, 6.45) is 2.64. The number of unbranched alkanes of at least 4 members (excludes halogenated alkanes) is 1. The van der Waals surface area contributed by atoms with Crippen molar-refractivity contribution in [3.63, 3.8) is 0 Å². The largest absolute Gasteiger partial charge is 0.334 e. The van der Waals surface area contributed by atoms with Gasteiger partial charge in [0.25, 0.3) is 0 Å². The average molecular weight is 220 g/mol. The van der Waals surface area contributed by atoms with Crippen molar-refractivity contribution in [3.8, 4) is 0 Å². The van der Waals surface area contributed by atoms with Gasteiger partial charge in [-0.15, -0.1) is 0 Å².